The van der Waals surface area contributed by atoms with Crippen LogP contribution < -0.4 is 15.4 Å². The average Bonchev–Trinajstić information content (AvgIpc) is 3.18. The predicted molar refractivity (Wildman–Crippen MR) is 114 cm³/mol. The largest absolute Gasteiger partial charge is 0.484 e. The number of hydrogen-bond acceptors (Lipinski definition) is 5. The molecule has 1 atom stereocenters. The van der Waals surface area contributed by atoms with Crippen LogP contribution in [0.2, 0.25) is 5.02 Å². The van der Waals surface area contributed by atoms with Gasteiger partial charge in [0.2, 0.25) is 5.91 Å². The lowest BCUT2D eigenvalue weighted by molar-refractivity contribution is -0.156. The molecule has 0 saturated heterocycles. The van der Waals surface area contributed by atoms with Crippen LogP contribution in [0.3, 0.4) is 0 Å². The Morgan fingerprint density at radius 1 is 1.31 bits per heavy atom. The molecule has 2 aromatic rings. The number of hydrogen-bond donors (Lipinski definition) is 3. The summed E-state index contributed by atoms with van der Waals surface area (Å²) in [6.45, 7) is 0.0211. The monoisotopic (exact) mass is 464 g/mol. The molecule has 1 unspecified atom stereocenters. The van der Waals surface area contributed by atoms with E-state index in [-0.39, 0.29) is 29.2 Å². The zero-order chi connectivity index (χ0) is 22.9. The molecule has 0 aliphatic heterocycles. The first-order valence-corrected chi connectivity index (χ1v) is 10.9. The molecule has 5 rings (SSSR count). The molecule has 3 fully saturated rings. The Kier molecular flexibility index (Phi) is 6.13. The zero-order valence-electron chi connectivity index (χ0n) is 17.7. The number of aromatic nitrogens is 2. The minimum atomic E-state index is -0.861. The first-order chi connectivity index (χ1) is 15.2. The molecule has 0 spiro atoms. The second kappa shape index (κ2) is 8.71. The number of nitrogens with zero attached hydrogens (tertiary/aromatic N) is 2. The molecular weight excluding hydrogens is 439 g/mol. The van der Waals surface area contributed by atoms with Crippen LogP contribution in [-0.4, -0.2) is 45.0 Å². The Balaban J connectivity index is 1.31. The van der Waals surface area contributed by atoms with Gasteiger partial charge in [0.25, 0.3) is 5.91 Å². The van der Waals surface area contributed by atoms with Crippen molar-refractivity contribution in [3.05, 3.63) is 47.0 Å². The van der Waals surface area contributed by atoms with Crippen LogP contribution in [0.5, 0.6) is 5.75 Å². The Morgan fingerprint density at radius 2 is 2.06 bits per heavy atom. The van der Waals surface area contributed by atoms with Crippen molar-refractivity contribution < 1.29 is 23.8 Å². The van der Waals surface area contributed by atoms with Crippen molar-refractivity contribution in [2.24, 2.45) is 12.5 Å². The second-order valence-corrected chi connectivity index (χ2v) is 9.14. The topological polar surface area (TPSA) is 105 Å². The van der Waals surface area contributed by atoms with Crippen LogP contribution in [0.25, 0.3) is 0 Å². The van der Waals surface area contributed by atoms with E-state index in [1.807, 2.05) is 13.1 Å². The van der Waals surface area contributed by atoms with Gasteiger partial charge < -0.3 is 20.5 Å². The summed E-state index contributed by atoms with van der Waals surface area (Å²) in [6.07, 6.45) is 3.37. The van der Waals surface area contributed by atoms with Crippen LogP contribution in [0, 0.1) is 11.2 Å². The number of carbonyl (C=O) groups is 2. The fraction of sp³-hybridized carbons (Fsp3) is 0.500. The second-order valence-electron chi connectivity index (χ2n) is 8.73. The molecule has 3 N–H and O–H groups in total. The molecule has 1 aromatic carbocycles. The SMILES string of the molecule is Cn1ccc(CNC(=O)C23CCC(NC(=O)COc4ccc(Cl)c(F)c4)(CC2)CC3O)n1. The third-order valence-corrected chi connectivity index (χ3v) is 6.94. The Bertz CT molecular complexity index is 1020. The number of nitrogens with one attached hydrogen (secondary N) is 2. The molecule has 2 bridgehead atoms. The molecule has 3 saturated carbocycles. The number of benzene rings is 1. The summed E-state index contributed by atoms with van der Waals surface area (Å²) in [5.41, 5.74) is -0.673. The van der Waals surface area contributed by atoms with E-state index in [2.05, 4.69) is 15.7 Å². The molecule has 3 aliphatic carbocycles. The van der Waals surface area contributed by atoms with Crippen molar-refractivity contribution in [1.29, 1.82) is 0 Å². The van der Waals surface area contributed by atoms with Gasteiger partial charge in [0.05, 0.1) is 28.8 Å². The van der Waals surface area contributed by atoms with Gasteiger partial charge in [-0.05, 0) is 50.3 Å². The van der Waals surface area contributed by atoms with Crippen molar-refractivity contribution in [2.45, 2.75) is 50.3 Å². The van der Waals surface area contributed by atoms with Gasteiger partial charge in [-0.3, -0.25) is 14.3 Å². The number of ether oxygens (including phenoxy) is 1. The summed E-state index contributed by atoms with van der Waals surface area (Å²) in [5, 5.41) is 21.0. The molecule has 3 aliphatic rings. The van der Waals surface area contributed by atoms with Crippen molar-refractivity contribution >= 4 is 23.4 Å². The Morgan fingerprint density at radius 3 is 2.69 bits per heavy atom. The third-order valence-electron chi connectivity index (χ3n) is 6.64. The fourth-order valence-electron chi connectivity index (χ4n) is 4.78. The van der Waals surface area contributed by atoms with Gasteiger partial charge in [-0.1, -0.05) is 11.6 Å². The summed E-state index contributed by atoms with van der Waals surface area (Å²) in [6, 6.07) is 5.80. The van der Waals surface area contributed by atoms with Gasteiger partial charge in [-0.15, -0.1) is 0 Å². The maximum absolute atomic E-state index is 13.5. The minimum Gasteiger partial charge on any atom is -0.484 e. The van der Waals surface area contributed by atoms with Gasteiger partial charge >= 0.3 is 0 Å². The summed E-state index contributed by atoms with van der Waals surface area (Å²) >= 11 is 5.65. The number of aliphatic hydroxyl groups is 1. The number of fused-ring (bicyclic) bond motifs is 3. The van der Waals surface area contributed by atoms with E-state index >= 15 is 0 Å². The third kappa shape index (κ3) is 4.45. The van der Waals surface area contributed by atoms with E-state index in [9.17, 15) is 19.1 Å². The van der Waals surface area contributed by atoms with Gasteiger partial charge in [0, 0.05) is 24.8 Å². The highest BCUT2D eigenvalue weighted by Gasteiger charge is 2.58. The van der Waals surface area contributed by atoms with E-state index in [0.717, 1.165) is 11.8 Å². The maximum atomic E-state index is 13.5. The Hall–Kier alpha value is -2.65. The smallest absolute Gasteiger partial charge is 0.258 e. The average molecular weight is 465 g/mol. The quantitative estimate of drug-likeness (QED) is 0.582. The van der Waals surface area contributed by atoms with Crippen molar-refractivity contribution in [3.8, 4) is 5.75 Å². The first kappa shape index (κ1) is 22.5. The van der Waals surface area contributed by atoms with E-state index in [4.69, 9.17) is 16.3 Å². The van der Waals surface area contributed by atoms with Crippen LogP contribution in [0.15, 0.2) is 30.5 Å². The summed E-state index contributed by atoms with van der Waals surface area (Å²) in [4.78, 5) is 25.4. The van der Waals surface area contributed by atoms with E-state index in [0.29, 0.717) is 38.6 Å². The molecule has 10 heteroatoms. The number of aryl methyl sites for hydroxylation is 1. The number of halogens is 2. The molecule has 0 radical (unpaired) electrons. The van der Waals surface area contributed by atoms with Crippen molar-refractivity contribution in [1.82, 2.24) is 20.4 Å². The number of rotatable bonds is 7. The van der Waals surface area contributed by atoms with Crippen LogP contribution in [0.4, 0.5) is 4.39 Å². The Labute approximate surface area is 190 Å². The highest BCUT2D eigenvalue weighted by Crippen LogP contribution is 2.52. The summed E-state index contributed by atoms with van der Waals surface area (Å²) in [5.74, 6) is -0.955. The highest BCUT2D eigenvalue weighted by atomic mass is 35.5. The van der Waals surface area contributed by atoms with Crippen LogP contribution in [-0.2, 0) is 23.2 Å². The van der Waals surface area contributed by atoms with E-state index in [1.54, 1.807) is 10.9 Å². The number of carbonyl (C=O) groups excluding carboxylic acids is 2. The minimum absolute atomic E-state index is 0.0216. The van der Waals surface area contributed by atoms with Gasteiger partial charge in [0.1, 0.15) is 11.6 Å². The predicted octanol–water partition coefficient (Wildman–Crippen LogP) is 2.09. The molecule has 32 heavy (non-hydrogen) atoms. The summed E-state index contributed by atoms with van der Waals surface area (Å²) in [7, 11) is 1.81. The van der Waals surface area contributed by atoms with Gasteiger partial charge in [-0.2, -0.15) is 5.10 Å². The van der Waals surface area contributed by atoms with Crippen LogP contribution >= 0.6 is 11.6 Å². The van der Waals surface area contributed by atoms with Crippen molar-refractivity contribution in [3.63, 3.8) is 0 Å². The lowest BCUT2D eigenvalue weighted by Gasteiger charge is -2.55. The molecule has 1 aromatic heterocycles. The molecule has 8 nitrogen and oxygen atoms in total. The molecular formula is C22H26ClFN4O4. The van der Waals surface area contributed by atoms with Crippen LogP contribution in [0.1, 0.15) is 37.8 Å². The summed E-state index contributed by atoms with van der Waals surface area (Å²) < 4.78 is 20.5. The van der Waals surface area contributed by atoms with Gasteiger partial charge in [0.15, 0.2) is 6.61 Å². The molecule has 172 valence electrons. The fourth-order valence-corrected chi connectivity index (χ4v) is 4.90. The van der Waals surface area contributed by atoms with Gasteiger partial charge in [-0.25, -0.2) is 4.39 Å². The van der Waals surface area contributed by atoms with Crippen molar-refractivity contribution in [2.75, 3.05) is 6.61 Å². The van der Waals surface area contributed by atoms with E-state index < -0.39 is 22.9 Å². The molecule has 2 amide bonds. The maximum Gasteiger partial charge on any atom is 0.258 e. The normalized spacial score (nSPS) is 26.6. The lowest BCUT2D eigenvalue weighted by atomic mass is 9.55. The first-order valence-electron chi connectivity index (χ1n) is 10.6. The lowest BCUT2D eigenvalue weighted by Crippen LogP contribution is -2.65. The number of aliphatic hydroxyl groups excluding tert-OH is 1. The molecule has 1 heterocycles. The van der Waals surface area contributed by atoms with E-state index in [1.165, 1.54) is 12.1 Å². The zero-order valence-corrected chi connectivity index (χ0v) is 18.5. The highest BCUT2D eigenvalue weighted by molar-refractivity contribution is 6.30. The number of amides is 2. The standard InChI is InChI=1S/C22H26ClFN4O4/c1-28-9-4-14(27-28)12-25-20(31)22-7-5-21(6-8-22,11-18(22)29)26-19(30)13-32-15-2-3-16(23)17(24)10-15/h2-4,9-10,18,29H,5-8,11-13H2,1H3,(H,25,31)(H,26,30).